The summed E-state index contributed by atoms with van der Waals surface area (Å²) in [4.78, 5) is 23.8. The predicted molar refractivity (Wildman–Crippen MR) is 106 cm³/mol. The Bertz CT molecular complexity index is 593. The Labute approximate surface area is 162 Å². The van der Waals surface area contributed by atoms with Gasteiger partial charge >= 0.3 is 11.9 Å². The van der Waals surface area contributed by atoms with Gasteiger partial charge in [-0.25, -0.2) is 0 Å². The van der Waals surface area contributed by atoms with Crippen LogP contribution in [-0.2, 0) is 28.9 Å². The van der Waals surface area contributed by atoms with Gasteiger partial charge in [0.1, 0.15) is 5.75 Å². The summed E-state index contributed by atoms with van der Waals surface area (Å²) in [6.07, 6.45) is 6.54. The Balaban J connectivity index is 3.34. The van der Waals surface area contributed by atoms with E-state index >= 15 is 0 Å². The summed E-state index contributed by atoms with van der Waals surface area (Å²) in [5.74, 6) is -2.30. The third kappa shape index (κ3) is 5.98. The molecule has 5 heteroatoms. The highest BCUT2D eigenvalue weighted by Crippen LogP contribution is 2.34. The standard InChI is InChI=1S/C22H34O5/c1-4-7-10-17-13-16(14-18(19(17)23)11-8-5-2)15-22(20(24)25,21(26)27)12-9-6-3/h13-14,23H,4-12,15H2,1-3H3,(H,24,25)(H,26,27). The SMILES string of the molecule is CCCCc1cc(CC(CCCC)(C(=O)O)C(=O)O)cc(CCCC)c1O. The maximum atomic E-state index is 11.9. The molecule has 1 rings (SSSR count). The molecule has 1 aromatic rings. The molecular weight excluding hydrogens is 344 g/mol. The summed E-state index contributed by atoms with van der Waals surface area (Å²) in [7, 11) is 0. The van der Waals surface area contributed by atoms with Gasteiger partial charge in [0.05, 0.1) is 0 Å². The number of carbonyl (C=O) groups is 2. The largest absolute Gasteiger partial charge is 0.507 e. The van der Waals surface area contributed by atoms with E-state index in [9.17, 15) is 24.9 Å². The van der Waals surface area contributed by atoms with Gasteiger partial charge in [-0.2, -0.15) is 0 Å². The summed E-state index contributed by atoms with van der Waals surface area (Å²) in [5, 5.41) is 30.0. The first kappa shape index (κ1) is 23.0. The third-order valence-corrected chi connectivity index (χ3v) is 5.21. The molecule has 0 spiro atoms. The first-order chi connectivity index (χ1) is 12.8. The Kier molecular flexibility index (Phi) is 9.33. The number of hydrogen-bond acceptors (Lipinski definition) is 3. The second-order valence-electron chi connectivity index (χ2n) is 7.44. The van der Waals surface area contributed by atoms with Crippen molar-refractivity contribution in [3.63, 3.8) is 0 Å². The first-order valence-corrected chi connectivity index (χ1v) is 10.1. The Morgan fingerprint density at radius 1 is 0.852 bits per heavy atom. The lowest BCUT2D eigenvalue weighted by molar-refractivity contribution is -0.165. The van der Waals surface area contributed by atoms with E-state index in [0.29, 0.717) is 24.8 Å². The molecule has 0 saturated carbocycles. The molecule has 0 unspecified atom stereocenters. The van der Waals surface area contributed by atoms with Crippen LogP contribution in [0.25, 0.3) is 0 Å². The molecule has 0 aliphatic rings. The van der Waals surface area contributed by atoms with Gasteiger partial charge in [-0.05, 0) is 55.2 Å². The van der Waals surface area contributed by atoms with Crippen LogP contribution < -0.4 is 0 Å². The highest BCUT2D eigenvalue weighted by molar-refractivity contribution is 5.98. The van der Waals surface area contributed by atoms with E-state index in [0.717, 1.165) is 43.2 Å². The smallest absolute Gasteiger partial charge is 0.321 e. The lowest BCUT2D eigenvalue weighted by atomic mass is 9.76. The van der Waals surface area contributed by atoms with E-state index in [2.05, 4.69) is 13.8 Å². The molecule has 3 N–H and O–H groups in total. The van der Waals surface area contributed by atoms with Gasteiger partial charge < -0.3 is 15.3 Å². The Morgan fingerprint density at radius 2 is 1.30 bits per heavy atom. The number of unbranched alkanes of at least 4 members (excludes halogenated alkanes) is 3. The normalized spacial score (nSPS) is 11.5. The molecule has 0 atom stereocenters. The van der Waals surface area contributed by atoms with Gasteiger partial charge in [-0.1, -0.05) is 58.6 Å². The fraction of sp³-hybridized carbons (Fsp3) is 0.636. The van der Waals surface area contributed by atoms with E-state index in [4.69, 9.17) is 0 Å². The van der Waals surface area contributed by atoms with Crippen molar-refractivity contribution in [2.24, 2.45) is 5.41 Å². The number of phenols is 1. The van der Waals surface area contributed by atoms with Crippen LogP contribution in [0.1, 0.15) is 82.4 Å². The predicted octanol–water partition coefficient (Wildman–Crippen LogP) is 4.97. The van der Waals surface area contributed by atoms with Gasteiger partial charge in [0.15, 0.2) is 5.41 Å². The molecule has 1 aromatic carbocycles. The summed E-state index contributed by atoms with van der Waals surface area (Å²) >= 11 is 0. The minimum absolute atomic E-state index is 0.0593. The molecule has 0 saturated heterocycles. The average Bonchev–Trinajstić information content (AvgIpc) is 2.63. The van der Waals surface area contributed by atoms with Crippen molar-refractivity contribution in [2.75, 3.05) is 0 Å². The molecular formula is C22H34O5. The van der Waals surface area contributed by atoms with Crippen molar-refractivity contribution in [3.05, 3.63) is 28.8 Å². The number of rotatable bonds is 13. The van der Waals surface area contributed by atoms with Crippen molar-refractivity contribution < 1.29 is 24.9 Å². The minimum Gasteiger partial charge on any atom is -0.507 e. The summed E-state index contributed by atoms with van der Waals surface area (Å²) < 4.78 is 0. The quantitative estimate of drug-likeness (QED) is 0.421. The van der Waals surface area contributed by atoms with Crippen LogP contribution in [0.5, 0.6) is 5.75 Å². The Morgan fingerprint density at radius 3 is 1.67 bits per heavy atom. The summed E-state index contributed by atoms with van der Waals surface area (Å²) in [5.41, 5.74) is 0.448. The fourth-order valence-corrected chi connectivity index (χ4v) is 3.42. The van der Waals surface area contributed by atoms with Gasteiger partial charge in [0.25, 0.3) is 0 Å². The van der Waals surface area contributed by atoms with Crippen LogP contribution in [0.4, 0.5) is 0 Å². The summed E-state index contributed by atoms with van der Waals surface area (Å²) in [6.45, 7) is 6.06. The summed E-state index contributed by atoms with van der Waals surface area (Å²) in [6, 6.07) is 3.60. The third-order valence-electron chi connectivity index (χ3n) is 5.21. The van der Waals surface area contributed by atoms with Crippen molar-refractivity contribution in [1.29, 1.82) is 0 Å². The van der Waals surface area contributed by atoms with E-state index in [1.165, 1.54) is 0 Å². The van der Waals surface area contributed by atoms with Crippen molar-refractivity contribution in [3.8, 4) is 5.75 Å². The molecule has 0 aliphatic heterocycles. The Hall–Kier alpha value is -2.04. The molecule has 152 valence electrons. The number of aliphatic carboxylic acids is 2. The van der Waals surface area contributed by atoms with Crippen LogP contribution in [0, 0.1) is 5.41 Å². The number of aromatic hydroxyl groups is 1. The monoisotopic (exact) mass is 378 g/mol. The van der Waals surface area contributed by atoms with Crippen molar-refractivity contribution in [1.82, 2.24) is 0 Å². The molecule has 0 radical (unpaired) electrons. The van der Waals surface area contributed by atoms with Crippen LogP contribution in [0.15, 0.2) is 12.1 Å². The number of phenolic OH excluding ortho intramolecular Hbond substituents is 1. The topological polar surface area (TPSA) is 94.8 Å². The van der Waals surface area contributed by atoms with Crippen LogP contribution in [-0.4, -0.2) is 27.3 Å². The van der Waals surface area contributed by atoms with Gasteiger partial charge in [0.2, 0.25) is 0 Å². The van der Waals surface area contributed by atoms with Crippen LogP contribution in [0.3, 0.4) is 0 Å². The van der Waals surface area contributed by atoms with Crippen molar-refractivity contribution in [2.45, 2.75) is 85.0 Å². The molecule has 0 amide bonds. The minimum atomic E-state index is -1.82. The average molecular weight is 379 g/mol. The first-order valence-electron chi connectivity index (χ1n) is 10.1. The zero-order valence-corrected chi connectivity index (χ0v) is 16.9. The molecule has 0 aromatic heterocycles. The second-order valence-corrected chi connectivity index (χ2v) is 7.44. The maximum absolute atomic E-state index is 11.9. The van der Waals surface area contributed by atoms with Gasteiger partial charge in [-0.15, -0.1) is 0 Å². The maximum Gasteiger partial charge on any atom is 0.321 e. The van der Waals surface area contributed by atoms with E-state index in [-0.39, 0.29) is 18.6 Å². The van der Waals surface area contributed by atoms with Crippen molar-refractivity contribution >= 4 is 11.9 Å². The van der Waals surface area contributed by atoms with E-state index < -0.39 is 17.4 Å². The highest BCUT2D eigenvalue weighted by atomic mass is 16.4. The second kappa shape index (κ2) is 11.0. The molecule has 0 fully saturated rings. The van der Waals surface area contributed by atoms with Crippen LogP contribution >= 0.6 is 0 Å². The molecule has 0 aliphatic carbocycles. The van der Waals surface area contributed by atoms with E-state index in [1.54, 1.807) is 12.1 Å². The van der Waals surface area contributed by atoms with E-state index in [1.807, 2.05) is 6.92 Å². The zero-order valence-electron chi connectivity index (χ0n) is 16.9. The lowest BCUT2D eigenvalue weighted by Gasteiger charge is -2.26. The number of aryl methyl sites for hydroxylation is 2. The highest BCUT2D eigenvalue weighted by Gasteiger charge is 2.46. The number of carboxylic acids is 2. The molecule has 5 nitrogen and oxygen atoms in total. The molecule has 27 heavy (non-hydrogen) atoms. The van der Waals surface area contributed by atoms with Gasteiger partial charge in [-0.3, -0.25) is 9.59 Å². The van der Waals surface area contributed by atoms with Crippen LogP contribution in [0.2, 0.25) is 0 Å². The number of benzene rings is 1. The molecule has 0 bridgehead atoms. The van der Waals surface area contributed by atoms with Gasteiger partial charge in [0, 0.05) is 0 Å². The molecule has 0 heterocycles. The fourth-order valence-electron chi connectivity index (χ4n) is 3.42. The zero-order chi connectivity index (χ0) is 20.4. The number of hydrogen-bond donors (Lipinski definition) is 3. The lowest BCUT2D eigenvalue weighted by Crippen LogP contribution is -2.41. The number of carboxylic acid groups (broad SMARTS) is 2.